The average Bonchev–Trinajstić information content (AvgIpc) is 2.61. The lowest BCUT2D eigenvalue weighted by molar-refractivity contribution is -0.144. The third-order valence-electron chi connectivity index (χ3n) is 4.51. The Kier molecular flexibility index (Phi) is 11.4. The van der Waals surface area contributed by atoms with Crippen molar-refractivity contribution in [3.8, 4) is 0 Å². The molecule has 0 saturated carbocycles. The fraction of sp³-hybridized carbons (Fsp3) is 0.750. The molecule has 0 aliphatic rings. The van der Waals surface area contributed by atoms with Gasteiger partial charge in [-0.3, -0.25) is 19.1 Å². The molecule has 0 aliphatic heterocycles. The number of unbranched alkanes of at least 4 members (excludes halogenated alkanes) is 9. The second-order valence-electron chi connectivity index (χ2n) is 6.92. The number of hydrogen-bond donors (Lipinski definition) is 1. The van der Waals surface area contributed by atoms with Crippen LogP contribution in [0.4, 0.5) is 0 Å². The van der Waals surface area contributed by atoms with Crippen molar-refractivity contribution in [3.63, 3.8) is 0 Å². The molecule has 0 spiro atoms. The first-order chi connectivity index (χ1) is 12.5. The van der Waals surface area contributed by atoms with Crippen LogP contribution in [-0.4, -0.2) is 22.1 Å². The maximum absolute atomic E-state index is 11.7. The van der Waals surface area contributed by atoms with E-state index in [4.69, 9.17) is 4.74 Å². The van der Waals surface area contributed by atoms with Gasteiger partial charge in [-0.2, -0.15) is 0 Å². The molecule has 1 N–H and O–H groups in total. The molecule has 0 saturated heterocycles. The van der Waals surface area contributed by atoms with Crippen molar-refractivity contribution in [2.24, 2.45) is 0 Å². The number of aryl methyl sites for hydroxylation is 2. The van der Waals surface area contributed by atoms with Crippen LogP contribution in [0.3, 0.4) is 0 Å². The predicted molar refractivity (Wildman–Crippen MR) is 103 cm³/mol. The van der Waals surface area contributed by atoms with Gasteiger partial charge in [0, 0.05) is 18.3 Å². The number of aromatic amines is 1. The van der Waals surface area contributed by atoms with Gasteiger partial charge in [-0.1, -0.05) is 64.7 Å². The minimum absolute atomic E-state index is 0.128. The van der Waals surface area contributed by atoms with Gasteiger partial charge in [0.2, 0.25) is 0 Å². The molecule has 148 valence electrons. The maximum atomic E-state index is 11.7. The standard InChI is InChI=1S/C20H34N2O4/c1-3-4-5-6-7-8-9-10-11-12-15-26-18(23)13-14-22-16-17(2)19(24)21-20(22)25/h16H,3-15H2,1-2H3,(H,21,24,25). The summed E-state index contributed by atoms with van der Waals surface area (Å²) in [7, 11) is 0. The summed E-state index contributed by atoms with van der Waals surface area (Å²) in [4.78, 5) is 36.9. The molecule has 0 bridgehead atoms. The molecular formula is C20H34N2O4. The Labute approximate surface area is 156 Å². The number of carbonyl (C=O) groups excluding carboxylic acids is 1. The molecule has 0 unspecified atom stereocenters. The first-order valence-electron chi connectivity index (χ1n) is 10.0. The Balaban J connectivity index is 2.03. The lowest BCUT2D eigenvalue weighted by Gasteiger charge is -2.07. The molecule has 1 aromatic rings. The molecule has 1 rings (SSSR count). The summed E-state index contributed by atoms with van der Waals surface area (Å²) in [6.07, 6.45) is 14.0. The van der Waals surface area contributed by atoms with Gasteiger partial charge in [-0.15, -0.1) is 0 Å². The van der Waals surface area contributed by atoms with Gasteiger partial charge >= 0.3 is 11.7 Å². The summed E-state index contributed by atoms with van der Waals surface area (Å²) in [5, 5.41) is 0. The number of carbonyl (C=O) groups is 1. The smallest absolute Gasteiger partial charge is 0.328 e. The van der Waals surface area contributed by atoms with Crippen LogP contribution in [-0.2, 0) is 16.1 Å². The van der Waals surface area contributed by atoms with Gasteiger partial charge in [0.25, 0.3) is 5.56 Å². The summed E-state index contributed by atoms with van der Waals surface area (Å²) >= 11 is 0. The van der Waals surface area contributed by atoms with E-state index in [0.29, 0.717) is 12.2 Å². The van der Waals surface area contributed by atoms with Gasteiger partial charge in [-0.25, -0.2) is 4.79 Å². The van der Waals surface area contributed by atoms with Crippen LogP contribution in [0.2, 0.25) is 0 Å². The van der Waals surface area contributed by atoms with Crippen LogP contribution in [0, 0.1) is 6.92 Å². The number of ether oxygens (including phenoxy) is 1. The quantitative estimate of drug-likeness (QED) is 0.402. The van der Waals surface area contributed by atoms with Crippen LogP contribution >= 0.6 is 0 Å². The molecule has 0 fully saturated rings. The molecule has 6 nitrogen and oxygen atoms in total. The van der Waals surface area contributed by atoms with Crippen molar-refractivity contribution in [1.29, 1.82) is 0 Å². The Morgan fingerprint density at radius 1 is 1.00 bits per heavy atom. The number of nitrogens with one attached hydrogen (secondary N) is 1. The van der Waals surface area contributed by atoms with Crippen LogP contribution < -0.4 is 11.2 Å². The summed E-state index contributed by atoms with van der Waals surface area (Å²) in [6.45, 7) is 4.51. The fourth-order valence-electron chi connectivity index (χ4n) is 2.84. The van der Waals surface area contributed by atoms with Crippen molar-refractivity contribution >= 4 is 5.97 Å². The topological polar surface area (TPSA) is 81.2 Å². The Morgan fingerprint density at radius 2 is 1.58 bits per heavy atom. The molecule has 0 aromatic carbocycles. The van der Waals surface area contributed by atoms with Crippen molar-refractivity contribution in [2.45, 2.75) is 91.0 Å². The van der Waals surface area contributed by atoms with E-state index >= 15 is 0 Å². The molecule has 6 heteroatoms. The first-order valence-corrected chi connectivity index (χ1v) is 10.0. The molecular weight excluding hydrogens is 332 g/mol. The van der Waals surface area contributed by atoms with E-state index in [1.165, 1.54) is 62.1 Å². The molecule has 26 heavy (non-hydrogen) atoms. The van der Waals surface area contributed by atoms with Gasteiger partial charge in [-0.05, 0) is 13.3 Å². The van der Waals surface area contributed by atoms with Crippen LogP contribution in [0.1, 0.15) is 83.1 Å². The Morgan fingerprint density at radius 3 is 2.19 bits per heavy atom. The molecule has 0 atom stereocenters. The second kappa shape index (κ2) is 13.4. The maximum Gasteiger partial charge on any atom is 0.328 e. The summed E-state index contributed by atoms with van der Waals surface area (Å²) in [5.41, 5.74) is -0.443. The number of H-pyrrole nitrogens is 1. The van der Waals surface area contributed by atoms with Gasteiger partial charge in [0.05, 0.1) is 13.0 Å². The van der Waals surface area contributed by atoms with Crippen molar-refractivity contribution < 1.29 is 9.53 Å². The molecule has 0 radical (unpaired) electrons. The summed E-state index contributed by atoms with van der Waals surface area (Å²) in [6, 6.07) is 0. The van der Waals surface area contributed by atoms with E-state index in [1.807, 2.05) is 0 Å². The predicted octanol–water partition coefficient (Wildman–Crippen LogP) is 3.70. The zero-order valence-electron chi connectivity index (χ0n) is 16.3. The van der Waals surface area contributed by atoms with E-state index in [9.17, 15) is 14.4 Å². The third kappa shape index (κ3) is 9.59. The van der Waals surface area contributed by atoms with Crippen molar-refractivity contribution in [3.05, 3.63) is 32.6 Å². The highest BCUT2D eigenvalue weighted by atomic mass is 16.5. The lowest BCUT2D eigenvalue weighted by atomic mass is 10.1. The van der Waals surface area contributed by atoms with E-state index in [0.717, 1.165) is 12.8 Å². The van der Waals surface area contributed by atoms with Crippen LogP contribution in [0.15, 0.2) is 15.8 Å². The van der Waals surface area contributed by atoms with E-state index < -0.39 is 11.2 Å². The van der Waals surface area contributed by atoms with Crippen molar-refractivity contribution in [1.82, 2.24) is 9.55 Å². The summed E-state index contributed by atoms with van der Waals surface area (Å²) < 4.78 is 6.54. The number of nitrogens with zero attached hydrogens (tertiary/aromatic N) is 1. The summed E-state index contributed by atoms with van der Waals surface area (Å²) in [5.74, 6) is -0.309. The highest BCUT2D eigenvalue weighted by Crippen LogP contribution is 2.10. The third-order valence-corrected chi connectivity index (χ3v) is 4.51. The van der Waals surface area contributed by atoms with Gasteiger partial charge in [0.15, 0.2) is 0 Å². The Hall–Kier alpha value is -1.85. The minimum Gasteiger partial charge on any atom is -0.466 e. The number of aromatic nitrogens is 2. The van der Waals surface area contributed by atoms with Crippen LogP contribution in [0.25, 0.3) is 0 Å². The molecule has 0 aliphatic carbocycles. The second-order valence-corrected chi connectivity index (χ2v) is 6.92. The SMILES string of the molecule is CCCCCCCCCCCCOC(=O)CCn1cc(C)c(=O)[nH]c1=O. The number of esters is 1. The number of rotatable bonds is 14. The van der Waals surface area contributed by atoms with Gasteiger partial charge < -0.3 is 4.74 Å². The van der Waals surface area contributed by atoms with E-state index in [2.05, 4.69) is 11.9 Å². The fourth-order valence-corrected chi connectivity index (χ4v) is 2.84. The number of hydrogen-bond acceptors (Lipinski definition) is 4. The molecule has 1 heterocycles. The minimum atomic E-state index is -0.497. The molecule has 1 aromatic heterocycles. The largest absolute Gasteiger partial charge is 0.466 e. The zero-order valence-corrected chi connectivity index (χ0v) is 16.3. The Bertz CT molecular complexity index is 633. The highest BCUT2D eigenvalue weighted by molar-refractivity contribution is 5.69. The van der Waals surface area contributed by atoms with Crippen molar-refractivity contribution in [2.75, 3.05) is 6.61 Å². The van der Waals surface area contributed by atoms with E-state index in [-0.39, 0.29) is 18.9 Å². The highest BCUT2D eigenvalue weighted by Gasteiger charge is 2.06. The normalized spacial score (nSPS) is 10.8. The van der Waals surface area contributed by atoms with Gasteiger partial charge in [0.1, 0.15) is 0 Å². The monoisotopic (exact) mass is 366 g/mol. The van der Waals surface area contributed by atoms with E-state index in [1.54, 1.807) is 6.92 Å². The lowest BCUT2D eigenvalue weighted by Crippen LogP contribution is -2.31. The molecule has 0 amide bonds. The first kappa shape index (κ1) is 22.2. The van der Waals surface area contributed by atoms with Crippen LogP contribution in [0.5, 0.6) is 0 Å². The zero-order chi connectivity index (χ0) is 19.2. The average molecular weight is 367 g/mol.